The van der Waals surface area contributed by atoms with E-state index in [1.807, 2.05) is 0 Å². The van der Waals surface area contributed by atoms with Crippen molar-refractivity contribution in [1.29, 1.82) is 0 Å². The van der Waals surface area contributed by atoms with Gasteiger partial charge < -0.3 is 10.4 Å². The minimum atomic E-state index is -5.06. The molecule has 0 aromatic heterocycles. The van der Waals surface area contributed by atoms with Crippen molar-refractivity contribution in [1.82, 2.24) is 5.32 Å². The van der Waals surface area contributed by atoms with Crippen molar-refractivity contribution in [2.75, 3.05) is 5.33 Å². The Bertz CT molecular complexity index is 218. The summed E-state index contributed by atoms with van der Waals surface area (Å²) in [6.45, 7) is 0. The highest BCUT2D eigenvalue weighted by Gasteiger charge is 2.40. The molecule has 0 unspecified atom stereocenters. The molecule has 1 atom stereocenters. The fourth-order valence-electron chi connectivity index (χ4n) is 0.406. The van der Waals surface area contributed by atoms with E-state index in [4.69, 9.17) is 5.11 Å². The van der Waals surface area contributed by atoms with Gasteiger partial charge in [-0.05, 0) is 0 Å². The van der Waals surface area contributed by atoms with E-state index in [9.17, 15) is 22.8 Å². The normalized spacial score (nSPS) is 13.5. The van der Waals surface area contributed by atoms with Crippen LogP contribution in [0.1, 0.15) is 0 Å². The fraction of sp³-hybridized carbons (Fsp3) is 0.600. The highest BCUT2D eigenvalue weighted by Crippen LogP contribution is 2.14. The van der Waals surface area contributed by atoms with Gasteiger partial charge in [0.2, 0.25) is 0 Å². The Balaban J connectivity index is 4.26. The van der Waals surface area contributed by atoms with Crippen molar-refractivity contribution in [3.05, 3.63) is 0 Å². The molecule has 0 bridgehead atoms. The van der Waals surface area contributed by atoms with Gasteiger partial charge in [-0.3, -0.25) is 4.79 Å². The summed E-state index contributed by atoms with van der Waals surface area (Å²) in [6.07, 6.45) is -5.06. The summed E-state index contributed by atoms with van der Waals surface area (Å²) in [7, 11) is 0. The Labute approximate surface area is 79.2 Å². The van der Waals surface area contributed by atoms with Crippen LogP contribution in [0.15, 0.2) is 0 Å². The monoisotopic (exact) mass is 263 g/mol. The number of carboxylic acid groups (broad SMARTS) is 1. The minimum Gasteiger partial charge on any atom is -0.480 e. The van der Waals surface area contributed by atoms with Crippen LogP contribution in [0.3, 0.4) is 0 Å². The maximum atomic E-state index is 11.6. The molecule has 0 aliphatic rings. The molecule has 0 aliphatic heterocycles. The summed E-state index contributed by atoms with van der Waals surface area (Å²) in [6, 6.07) is -1.57. The molecule has 76 valence electrons. The zero-order chi connectivity index (χ0) is 10.6. The van der Waals surface area contributed by atoms with Crippen LogP contribution in [0.4, 0.5) is 13.2 Å². The summed E-state index contributed by atoms with van der Waals surface area (Å²) >= 11 is 2.65. The third-order valence-electron chi connectivity index (χ3n) is 1.02. The first-order valence-corrected chi connectivity index (χ1v) is 4.07. The van der Waals surface area contributed by atoms with E-state index in [1.165, 1.54) is 5.32 Å². The molecule has 0 rings (SSSR count). The van der Waals surface area contributed by atoms with E-state index < -0.39 is 24.1 Å². The first kappa shape index (κ1) is 12.2. The van der Waals surface area contributed by atoms with Crippen molar-refractivity contribution < 1.29 is 27.9 Å². The molecular weight excluding hydrogens is 259 g/mol. The predicted molar refractivity (Wildman–Crippen MR) is 39.4 cm³/mol. The Hall–Kier alpha value is -0.790. The van der Waals surface area contributed by atoms with Crippen LogP contribution in [0.2, 0.25) is 0 Å². The topological polar surface area (TPSA) is 66.4 Å². The van der Waals surface area contributed by atoms with Crippen molar-refractivity contribution in [3.8, 4) is 0 Å². The molecule has 4 nitrogen and oxygen atoms in total. The molecule has 0 heterocycles. The number of hydrogen-bond donors (Lipinski definition) is 2. The lowest BCUT2D eigenvalue weighted by molar-refractivity contribution is -0.175. The van der Waals surface area contributed by atoms with Crippen molar-refractivity contribution in [2.24, 2.45) is 0 Å². The first-order chi connectivity index (χ1) is 5.79. The molecular formula is C5H5BrF3NO3. The van der Waals surface area contributed by atoms with Crippen LogP contribution < -0.4 is 5.32 Å². The largest absolute Gasteiger partial charge is 0.480 e. The van der Waals surface area contributed by atoms with E-state index in [0.29, 0.717) is 0 Å². The van der Waals surface area contributed by atoms with E-state index in [0.717, 1.165) is 0 Å². The van der Waals surface area contributed by atoms with Gasteiger partial charge in [0.1, 0.15) is 6.04 Å². The maximum Gasteiger partial charge on any atom is 0.471 e. The van der Waals surface area contributed by atoms with Gasteiger partial charge in [-0.15, -0.1) is 0 Å². The quantitative estimate of drug-likeness (QED) is 0.730. The van der Waals surface area contributed by atoms with Gasteiger partial charge in [0.15, 0.2) is 0 Å². The molecule has 13 heavy (non-hydrogen) atoms. The number of carbonyl (C=O) groups excluding carboxylic acids is 1. The number of carboxylic acids is 1. The van der Waals surface area contributed by atoms with Gasteiger partial charge in [0.25, 0.3) is 0 Å². The lowest BCUT2D eigenvalue weighted by Gasteiger charge is -2.12. The summed E-state index contributed by atoms with van der Waals surface area (Å²) < 4.78 is 34.8. The molecule has 0 aromatic rings. The van der Waals surface area contributed by atoms with Crippen LogP contribution in [0.25, 0.3) is 0 Å². The average Bonchev–Trinajstić information content (AvgIpc) is 1.96. The highest BCUT2D eigenvalue weighted by molar-refractivity contribution is 9.09. The average molecular weight is 264 g/mol. The van der Waals surface area contributed by atoms with Crippen LogP contribution >= 0.6 is 15.9 Å². The van der Waals surface area contributed by atoms with E-state index >= 15 is 0 Å². The van der Waals surface area contributed by atoms with Gasteiger partial charge in [0, 0.05) is 5.33 Å². The molecule has 0 aliphatic carbocycles. The van der Waals surface area contributed by atoms with Crippen molar-refractivity contribution in [3.63, 3.8) is 0 Å². The molecule has 0 saturated carbocycles. The number of rotatable bonds is 3. The fourth-order valence-corrected chi connectivity index (χ4v) is 0.845. The smallest absolute Gasteiger partial charge is 0.471 e. The third-order valence-corrected chi connectivity index (χ3v) is 1.66. The zero-order valence-corrected chi connectivity index (χ0v) is 7.65. The first-order valence-electron chi connectivity index (χ1n) is 2.95. The maximum absolute atomic E-state index is 11.6. The SMILES string of the molecule is O=C(O)[C@H](CBr)NC(=O)C(F)(F)F. The molecule has 0 fully saturated rings. The number of carbonyl (C=O) groups is 2. The van der Waals surface area contributed by atoms with Crippen molar-refractivity contribution >= 4 is 27.8 Å². The van der Waals surface area contributed by atoms with Crippen LogP contribution in [0, 0.1) is 0 Å². The molecule has 2 N–H and O–H groups in total. The standard InChI is InChI=1S/C5H5BrF3NO3/c6-1-2(3(11)12)10-4(13)5(7,8)9/h2H,1H2,(H,10,13)(H,11,12)/t2-/m0/s1. The van der Waals surface area contributed by atoms with E-state index in [1.54, 1.807) is 0 Å². The zero-order valence-electron chi connectivity index (χ0n) is 6.06. The summed E-state index contributed by atoms with van der Waals surface area (Å²) in [4.78, 5) is 20.4. The van der Waals surface area contributed by atoms with Gasteiger partial charge in [-0.2, -0.15) is 13.2 Å². The second kappa shape index (κ2) is 4.45. The number of hydrogen-bond acceptors (Lipinski definition) is 2. The molecule has 0 radical (unpaired) electrons. The van der Waals surface area contributed by atoms with Crippen LogP contribution in [0.5, 0.6) is 0 Å². The minimum absolute atomic E-state index is 0.288. The Morgan fingerprint density at radius 1 is 1.46 bits per heavy atom. The van der Waals surface area contributed by atoms with Crippen LogP contribution in [-0.2, 0) is 9.59 Å². The number of alkyl halides is 4. The summed E-state index contributed by atoms with van der Waals surface area (Å²) in [5.74, 6) is -3.80. The third kappa shape index (κ3) is 4.11. The summed E-state index contributed by atoms with van der Waals surface area (Å²) in [5.41, 5.74) is 0. The van der Waals surface area contributed by atoms with E-state index in [2.05, 4.69) is 15.9 Å². The molecule has 0 aromatic carbocycles. The molecule has 8 heteroatoms. The molecule has 0 saturated heterocycles. The van der Waals surface area contributed by atoms with Gasteiger partial charge in [-0.1, -0.05) is 15.9 Å². The van der Waals surface area contributed by atoms with Gasteiger partial charge >= 0.3 is 18.1 Å². The summed E-state index contributed by atoms with van der Waals surface area (Å²) in [5, 5.41) is 9.28. The Kier molecular flexibility index (Phi) is 4.18. The number of amides is 1. The number of nitrogens with one attached hydrogen (secondary N) is 1. The van der Waals surface area contributed by atoms with Crippen molar-refractivity contribution in [2.45, 2.75) is 12.2 Å². The van der Waals surface area contributed by atoms with E-state index in [-0.39, 0.29) is 5.33 Å². The van der Waals surface area contributed by atoms with Gasteiger partial charge in [-0.25, -0.2) is 4.79 Å². The Morgan fingerprint density at radius 2 is 1.92 bits per heavy atom. The lowest BCUT2D eigenvalue weighted by atomic mass is 10.3. The second-order valence-electron chi connectivity index (χ2n) is 2.02. The molecule has 1 amide bonds. The van der Waals surface area contributed by atoms with Crippen LogP contribution in [-0.4, -0.2) is 34.5 Å². The molecule has 0 spiro atoms. The number of halogens is 4. The van der Waals surface area contributed by atoms with Gasteiger partial charge in [0.05, 0.1) is 0 Å². The number of aliphatic carboxylic acids is 1. The predicted octanol–water partition coefficient (Wildman–Crippen LogP) is 0.513. The lowest BCUT2D eigenvalue weighted by Crippen LogP contribution is -2.47. The Morgan fingerprint density at radius 3 is 2.15 bits per heavy atom. The highest BCUT2D eigenvalue weighted by atomic mass is 79.9. The second-order valence-corrected chi connectivity index (χ2v) is 2.66.